The number of fused-ring (bicyclic) bond motifs is 1. The Balaban J connectivity index is 1.84. The largest absolute Gasteiger partial charge is 0.365 e. The van der Waals surface area contributed by atoms with Crippen molar-refractivity contribution in [1.82, 2.24) is 4.90 Å². The maximum Gasteiger partial charge on any atom is 0.159 e. The lowest BCUT2D eigenvalue weighted by Gasteiger charge is -2.48. The fourth-order valence-electron chi connectivity index (χ4n) is 3.65. The van der Waals surface area contributed by atoms with Crippen LogP contribution in [0.15, 0.2) is 22.7 Å². The summed E-state index contributed by atoms with van der Waals surface area (Å²) >= 11 is 3.66. The molecule has 1 aromatic rings. The maximum absolute atomic E-state index is 11.5. The normalized spacial score (nSPS) is 26.5. The Morgan fingerprint density at radius 1 is 1.29 bits per heavy atom. The highest BCUT2D eigenvalue weighted by atomic mass is 79.9. The van der Waals surface area contributed by atoms with E-state index in [0.29, 0.717) is 12.1 Å². The number of Topliss-reactive ketones (excluding diaryl/α,β-unsaturated/α-hetero) is 1. The molecule has 4 heteroatoms. The molecule has 0 bridgehead atoms. The Morgan fingerprint density at radius 3 is 2.81 bits per heavy atom. The highest BCUT2D eigenvalue weighted by Crippen LogP contribution is 2.33. The molecule has 2 saturated heterocycles. The molecule has 21 heavy (non-hydrogen) atoms. The monoisotopic (exact) mass is 350 g/mol. The van der Waals surface area contributed by atoms with Crippen LogP contribution < -0.4 is 4.90 Å². The third kappa shape index (κ3) is 3.02. The van der Waals surface area contributed by atoms with Gasteiger partial charge in [-0.05, 0) is 67.4 Å². The number of hydrogen-bond donors (Lipinski definition) is 0. The fraction of sp³-hybridized carbons (Fsp3) is 0.588. The number of ketones is 1. The molecule has 0 amide bonds. The van der Waals surface area contributed by atoms with E-state index >= 15 is 0 Å². The van der Waals surface area contributed by atoms with Gasteiger partial charge in [-0.25, -0.2) is 0 Å². The summed E-state index contributed by atoms with van der Waals surface area (Å²) in [6.45, 7) is 7.42. The van der Waals surface area contributed by atoms with Crippen molar-refractivity contribution in [3.8, 4) is 0 Å². The molecule has 0 N–H and O–H groups in total. The molecular weight excluding hydrogens is 328 g/mol. The van der Waals surface area contributed by atoms with E-state index in [2.05, 4.69) is 38.7 Å². The number of hydrogen-bond acceptors (Lipinski definition) is 3. The van der Waals surface area contributed by atoms with Crippen molar-refractivity contribution in [1.29, 1.82) is 0 Å². The van der Waals surface area contributed by atoms with Crippen LogP contribution in [0.3, 0.4) is 0 Å². The first-order valence-electron chi connectivity index (χ1n) is 7.87. The molecule has 0 radical (unpaired) electrons. The molecule has 0 spiro atoms. The van der Waals surface area contributed by atoms with Crippen molar-refractivity contribution in [3.05, 3.63) is 28.2 Å². The number of anilines is 1. The molecular formula is C17H23BrN2O. The Bertz CT molecular complexity index is 546. The number of benzene rings is 1. The molecule has 3 rings (SSSR count). The summed E-state index contributed by atoms with van der Waals surface area (Å²) in [6.07, 6.45) is 4.01. The number of piperazine rings is 1. The van der Waals surface area contributed by atoms with Gasteiger partial charge in [-0.2, -0.15) is 0 Å². The molecule has 2 aliphatic heterocycles. The summed E-state index contributed by atoms with van der Waals surface area (Å²) in [4.78, 5) is 16.7. The summed E-state index contributed by atoms with van der Waals surface area (Å²) in [5.41, 5.74) is 1.99. The minimum absolute atomic E-state index is 0.118. The van der Waals surface area contributed by atoms with Gasteiger partial charge in [0.25, 0.3) is 0 Å². The topological polar surface area (TPSA) is 23.6 Å². The predicted octanol–water partition coefficient (Wildman–Crippen LogP) is 3.71. The van der Waals surface area contributed by atoms with Gasteiger partial charge in [0.1, 0.15) is 0 Å². The summed E-state index contributed by atoms with van der Waals surface area (Å²) in [5, 5.41) is 0. The summed E-state index contributed by atoms with van der Waals surface area (Å²) < 4.78 is 1.03. The Hall–Kier alpha value is -0.870. The standard InChI is InChI=1S/C17H23BrN2O/c1-12-10-19-8-4-3-5-15(19)11-20(12)17-7-6-14(13(2)21)9-16(17)18/h6-7,9,12,15H,3-5,8,10-11H2,1-2H3. The van der Waals surface area contributed by atoms with Crippen LogP contribution in [0.2, 0.25) is 0 Å². The lowest BCUT2D eigenvalue weighted by molar-refractivity contribution is 0.101. The number of nitrogens with zero attached hydrogens (tertiary/aromatic N) is 2. The Kier molecular flexibility index (Phi) is 4.36. The number of halogens is 1. The second-order valence-corrected chi connectivity index (χ2v) is 7.22. The molecule has 0 saturated carbocycles. The predicted molar refractivity (Wildman–Crippen MR) is 90.2 cm³/mol. The molecule has 2 aliphatic rings. The first-order chi connectivity index (χ1) is 10.1. The number of carbonyl (C=O) groups excluding carboxylic acids is 1. The average molecular weight is 351 g/mol. The SMILES string of the molecule is CC(=O)c1ccc(N2CC3CCCCN3CC2C)c(Br)c1. The maximum atomic E-state index is 11.5. The van der Waals surface area contributed by atoms with Crippen molar-refractivity contribution in [3.63, 3.8) is 0 Å². The molecule has 3 nitrogen and oxygen atoms in total. The molecule has 114 valence electrons. The van der Waals surface area contributed by atoms with Crippen LogP contribution in [-0.4, -0.2) is 42.4 Å². The molecule has 0 aromatic heterocycles. The zero-order valence-corrected chi connectivity index (χ0v) is 14.4. The van der Waals surface area contributed by atoms with Crippen molar-refractivity contribution in [2.75, 3.05) is 24.5 Å². The van der Waals surface area contributed by atoms with Crippen LogP contribution >= 0.6 is 15.9 Å². The highest BCUT2D eigenvalue weighted by molar-refractivity contribution is 9.10. The molecule has 2 heterocycles. The van der Waals surface area contributed by atoms with Gasteiger partial charge >= 0.3 is 0 Å². The van der Waals surface area contributed by atoms with E-state index in [9.17, 15) is 4.79 Å². The molecule has 2 fully saturated rings. The number of rotatable bonds is 2. The summed E-state index contributed by atoms with van der Waals surface area (Å²) in [7, 11) is 0. The fourth-order valence-corrected chi connectivity index (χ4v) is 4.25. The van der Waals surface area contributed by atoms with Crippen LogP contribution in [-0.2, 0) is 0 Å². The van der Waals surface area contributed by atoms with E-state index in [1.165, 1.54) is 31.5 Å². The Morgan fingerprint density at radius 2 is 2.10 bits per heavy atom. The van der Waals surface area contributed by atoms with E-state index in [1.54, 1.807) is 6.92 Å². The van der Waals surface area contributed by atoms with Crippen LogP contribution in [0.25, 0.3) is 0 Å². The lowest BCUT2D eigenvalue weighted by atomic mass is 9.96. The highest BCUT2D eigenvalue weighted by Gasteiger charge is 2.33. The van der Waals surface area contributed by atoms with Gasteiger partial charge in [0.2, 0.25) is 0 Å². The van der Waals surface area contributed by atoms with Crippen molar-refractivity contribution < 1.29 is 4.79 Å². The number of piperidine rings is 1. The molecule has 1 aromatic carbocycles. The van der Waals surface area contributed by atoms with Gasteiger partial charge < -0.3 is 4.90 Å². The van der Waals surface area contributed by atoms with E-state index in [1.807, 2.05) is 12.1 Å². The van der Waals surface area contributed by atoms with Crippen LogP contribution in [0.1, 0.15) is 43.5 Å². The van der Waals surface area contributed by atoms with Crippen molar-refractivity contribution >= 4 is 27.4 Å². The Labute approximate surface area is 135 Å². The van der Waals surface area contributed by atoms with Crippen LogP contribution in [0, 0.1) is 0 Å². The lowest BCUT2D eigenvalue weighted by Crippen LogP contribution is -2.58. The molecule has 2 unspecified atom stereocenters. The van der Waals surface area contributed by atoms with E-state index < -0.39 is 0 Å². The zero-order chi connectivity index (χ0) is 15.0. The smallest absolute Gasteiger partial charge is 0.159 e. The van der Waals surface area contributed by atoms with E-state index in [0.717, 1.165) is 23.1 Å². The average Bonchev–Trinajstić information content (AvgIpc) is 2.46. The van der Waals surface area contributed by atoms with Gasteiger partial charge in [-0.3, -0.25) is 9.69 Å². The van der Waals surface area contributed by atoms with E-state index in [4.69, 9.17) is 0 Å². The second kappa shape index (κ2) is 6.09. The third-order valence-electron chi connectivity index (χ3n) is 4.85. The van der Waals surface area contributed by atoms with Crippen LogP contribution in [0.4, 0.5) is 5.69 Å². The number of carbonyl (C=O) groups is 1. The zero-order valence-electron chi connectivity index (χ0n) is 12.8. The third-order valence-corrected chi connectivity index (χ3v) is 5.49. The molecule has 2 atom stereocenters. The van der Waals surface area contributed by atoms with Crippen molar-refractivity contribution in [2.24, 2.45) is 0 Å². The molecule has 0 aliphatic carbocycles. The minimum atomic E-state index is 0.118. The minimum Gasteiger partial charge on any atom is -0.365 e. The second-order valence-electron chi connectivity index (χ2n) is 6.37. The van der Waals surface area contributed by atoms with Gasteiger partial charge in [0, 0.05) is 35.2 Å². The van der Waals surface area contributed by atoms with Crippen LogP contribution in [0.5, 0.6) is 0 Å². The van der Waals surface area contributed by atoms with Gasteiger partial charge in [-0.1, -0.05) is 6.42 Å². The van der Waals surface area contributed by atoms with E-state index in [-0.39, 0.29) is 5.78 Å². The summed E-state index contributed by atoms with van der Waals surface area (Å²) in [6, 6.07) is 7.20. The quantitative estimate of drug-likeness (QED) is 0.759. The van der Waals surface area contributed by atoms with Gasteiger partial charge in [-0.15, -0.1) is 0 Å². The van der Waals surface area contributed by atoms with Crippen molar-refractivity contribution in [2.45, 2.75) is 45.2 Å². The first kappa shape index (κ1) is 15.0. The van der Waals surface area contributed by atoms with Gasteiger partial charge in [0.15, 0.2) is 5.78 Å². The first-order valence-corrected chi connectivity index (χ1v) is 8.66. The van der Waals surface area contributed by atoms with Gasteiger partial charge in [0.05, 0.1) is 5.69 Å². The summed E-state index contributed by atoms with van der Waals surface area (Å²) in [5.74, 6) is 0.118.